The maximum Gasteiger partial charge on any atom is 0.260 e. The van der Waals surface area contributed by atoms with Crippen molar-refractivity contribution < 1.29 is 14.1 Å². The highest BCUT2D eigenvalue weighted by molar-refractivity contribution is 5.78. The molecule has 1 aliphatic heterocycles. The van der Waals surface area contributed by atoms with Gasteiger partial charge in [0.2, 0.25) is 11.7 Å². The van der Waals surface area contributed by atoms with E-state index in [2.05, 4.69) is 20.0 Å². The maximum absolute atomic E-state index is 12.4. The number of hydrogen-bond donors (Lipinski definition) is 0. The fourth-order valence-corrected chi connectivity index (χ4v) is 3.18. The third kappa shape index (κ3) is 4.53. The number of carbonyl (C=O) groups is 1. The van der Waals surface area contributed by atoms with Crippen LogP contribution in [0, 0.1) is 13.8 Å². The van der Waals surface area contributed by atoms with Gasteiger partial charge in [-0.1, -0.05) is 22.9 Å². The Balaban J connectivity index is 1.28. The Morgan fingerprint density at radius 1 is 1.07 bits per heavy atom. The summed E-state index contributed by atoms with van der Waals surface area (Å²) in [6.45, 7) is 6.56. The van der Waals surface area contributed by atoms with Gasteiger partial charge in [-0.2, -0.15) is 4.98 Å². The van der Waals surface area contributed by atoms with Crippen molar-refractivity contribution in [3.05, 3.63) is 54.0 Å². The summed E-state index contributed by atoms with van der Waals surface area (Å²) >= 11 is 0. The largest absolute Gasteiger partial charge is 0.484 e. The van der Waals surface area contributed by atoms with Crippen molar-refractivity contribution in [2.24, 2.45) is 0 Å². The van der Waals surface area contributed by atoms with Crippen LogP contribution in [0.3, 0.4) is 0 Å². The molecule has 150 valence electrons. The number of rotatable bonds is 5. The van der Waals surface area contributed by atoms with Gasteiger partial charge in [0.1, 0.15) is 11.6 Å². The van der Waals surface area contributed by atoms with Gasteiger partial charge in [0.15, 0.2) is 6.61 Å². The molecular formula is C21H23N5O3. The van der Waals surface area contributed by atoms with Crippen molar-refractivity contribution in [2.45, 2.75) is 13.8 Å². The SMILES string of the molecule is Cc1ccc(OCC(=O)N2CCN(c3ccc(-c4noc(C)n4)cn3)CC2)cc1. The number of pyridine rings is 1. The molecule has 3 heterocycles. The summed E-state index contributed by atoms with van der Waals surface area (Å²) in [6.07, 6.45) is 1.74. The number of benzene rings is 1. The monoisotopic (exact) mass is 393 g/mol. The van der Waals surface area contributed by atoms with Gasteiger partial charge in [0, 0.05) is 44.9 Å². The smallest absolute Gasteiger partial charge is 0.260 e. The van der Waals surface area contributed by atoms with Crippen molar-refractivity contribution in [1.29, 1.82) is 0 Å². The zero-order chi connectivity index (χ0) is 20.2. The molecule has 3 aromatic rings. The highest BCUT2D eigenvalue weighted by Gasteiger charge is 2.22. The minimum Gasteiger partial charge on any atom is -0.484 e. The fourth-order valence-electron chi connectivity index (χ4n) is 3.18. The number of aryl methyl sites for hydroxylation is 2. The molecule has 1 saturated heterocycles. The molecule has 0 aliphatic carbocycles. The van der Waals surface area contributed by atoms with Crippen LogP contribution in [0.15, 0.2) is 47.1 Å². The quantitative estimate of drug-likeness (QED) is 0.658. The van der Waals surface area contributed by atoms with E-state index in [4.69, 9.17) is 9.26 Å². The number of aromatic nitrogens is 3. The van der Waals surface area contributed by atoms with E-state index in [-0.39, 0.29) is 12.5 Å². The number of carbonyl (C=O) groups excluding carboxylic acids is 1. The Kier molecular flexibility index (Phi) is 5.41. The molecule has 1 amide bonds. The van der Waals surface area contributed by atoms with Gasteiger partial charge in [0.05, 0.1) is 0 Å². The molecular weight excluding hydrogens is 370 g/mol. The summed E-state index contributed by atoms with van der Waals surface area (Å²) in [5.74, 6) is 2.64. The van der Waals surface area contributed by atoms with Crippen LogP contribution in [0.2, 0.25) is 0 Å². The predicted octanol–water partition coefficient (Wildman–Crippen LogP) is 2.48. The summed E-state index contributed by atoms with van der Waals surface area (Å²) in [5.41, 5.74) is 1.97. The Labute approximate surface area is 169 Å². The van der Waals surface area contributed by atoms with E-state index < -0.39 is 0 Å². The fraction of sp³-hybridized carbons (Fsp3) is 0.333. The van der Waals surface area contributed by atoms with Gasteiger partial charge in [0.25, 0.3) is 5.91 Å². The molecule has 1 aromatic carbocycles. The van der Waals surface area contributed by atoms with Gasteiger partial charge in [-0.25, -0.2) is 4.98 Å². The Bertz CT molecular complexity index is 961. The number of piperazine rings is 1. The van der Waals surface area contributed by atoms with Crippen LogP contribution >= 0.6 is 0 Å². The van der Waals surface area contributed by atoms with Crippen LogP contribution in [-0.2, 0) is 4.79 Å². The number of anilines is 1. The number of amides is 1. The maximum atomic E-state index is 12.4. The number of nitrogens with zero attached hydrogens (tertiary/aromatic N) is 5. The van der Waals surface area contributed by atoms with Gasteiger partial charge >= 0.3 is 0 Å². The van der Waals surface area contributed by atoms with Gasteiger partial charge in [-0.3, -0.25) is 4.79 Å². The third-order valence-corrected chi connectivity index (χ3v) is 4.87. The average Bonchev–Trinajstić information content (AvgIpc) is 3.20. The van der Waals surface area contributed by atoms with Crippen LogP contribution < -0.4 is 9.64 Å². The predicted molar refractivity (Wildman–Crippen MR) is 108 cm³/mol. The van der Waals surface area contributed by atoms with Gasteiger partial charge < -0.3 is 19.1 Å². The Morgan fingerprint density at radius 3 is 2.45 bits per heavy atom. The molecule has 2 aromatic heterocycles. The minimum absolute atomic E-state index is 0.000934. The number of ether oxygens (including phenoxy) is 1. The lowest BCUT2D eigenvalue weighted by Gasteiger charge is -2.35. The molecule has 0 atom stereocenters. The third-order valence-electron chi connectivity index (χ3n) is 4.87. The van der Waals surface area contributed by atoms with Crippen LogP contribution in [0.5, 0.6) is 5.75 Å². The lowest BCUT2D eigenvalue weighted by atomic mass is 10.2. The average molecular weight is 393 g/mol. The lowest BCUT2D eigenvalue weighted by Crippen LogP contribution is -2.50. The molecule has 0 spiro atoms. The molecule has 1 fully saturated rings. The van der Waals surface area contributed by atoms with Crippen LogP contribution in [0.4, 0.5) is 5.82 Å². The summed E-state index contributed by atoms with van der Waals surface area (Å²) in [5, 5.41) is 3.91. The Morgan fingerprint density at radius 2 is 1.83 bits per heavy atom. The summed E-state index contributed by atoms with van der Waals surface area (Å²) < 4.78 is 10.6. The molecule has 0 unspecified atom stereocenters. The van der Waals surface area contributed by atoms with Crippen molar-refractivity contribution >= 4 is 11.7 Å². The number of hydrogen-bond acceptors (Lipinski definition) is 7. The van der Waals surface area contributed by atoms with Crippen molar-refractivity contribution in [3.8, 4) is 17.1 Å². The zero-order valence-electron chi connectivity index (χ0n) is 16.5. The molecule has 29 heavy (non-hydrogen) atoms. The van der Waals surface area contributed by atoms with E-state index in [0.717, 1.165) is 30.0 Å². The van der Waals surface area contributed by atoms with E-state index >= 15 is 0 Å². The lowest BCUT2D eigenvalue weighted by molar-refractivity contribution is -0.133. The second kappa shape index (κ2) is 8.30. The molecule has 1 aliphatic rings. The van der Waals surface area contributed by atoms with Crippen molar-refractivity contribution in [3.63, 3.8) is 0 Å². The molecule has 4 rings (SSSR count). The first-order valence-electron chi connectivity index (χ1n) is 9.57. The van der Waals surface area contributed by atoms with E-state index in [9.17, 15) is 4.79 Å². The van der Waals surface area contributed by atoms with Crippen LogP contribution in [0.1, 0.15) is 11.5 Å². The van der Waals surface area contributed by atoms with E-state index in [0.29, 0.717) is 30.6 Å². The zero-order valence-corrected chi connectivity index (χ0v) is 16.5. The first-order chi connectivity index (χ1) is 14.1. The van der Waals surface area contributed by atoms with Crippen LogP contribution in [0.25, 0.3) is 11.4 Å². The highest BCUT2D eigenvalue weighted by Crippen LogP contribution is 2.19. The molecule has 8 heteroatoms. The van der Waals surface area contributed by atoms with E-state index in [1.165, 1.54) is 0 Å². The van der Waals surface area contributed by atoms with Gasteiger partial charge in [-0.15, -0.1) is 0 Å². The normalized spacial score (nSPS) is 14.1. The van der Waals surface area contributed by atoms with Gasteiger partial charge in [-0.05, 0) is 31.2 Å². The topological polar surface area (TPSA) is 84.6 Å². The second-order valence-corrected chi connectivity index (χ2v) is 7.01. The van der Waals surface area contributed by atoms with E-state index in [1.807, 2.05) is 48.2 Å². The highest BCUT2D eigenvalue weighted by atomic mass is 16.5. The second-order valence-electron chi connectivity index (χ2n) is 7.01. The van der Waals surface area contributed by atoms with Crippen LogP contribution in [-0.4, -0.2) is 58.7 Å². The van der Waals surface area contributed by atoms with Crippen molar-refractivity contribution in [2.75, 3.05) is 37.7 Å². The summed E-state index contributed by atoms with van der Waals surface area (Å²) in [4.78, 5) is 25.2. The minimum atomic E-state index is 0.000934. The molecule has 0 bridgehead atoms. The summed E-state index contributed by atoms with van der Waals surface area (Å²) in [6, 6.07) is 11.6. The van der Waals surface area contributed by atoms with E-state index in [1.54, 1.807) is 13.1 Å². The first kappa shape index (κ1) is 18.9. The first-order valence-corrected chi connectivity index (χ1v) is 9.57. The van der Waals surface area contributed by atoms with Crippen molar-refractivity contribution in [1.82, 2.24) is 20.0 Å². The molecule has 8 nitrogen and oxygen atoms in total. The summed E-state index contributed by atoms with van der Waals surface area (Å²) in [7, 11) is 0. The Hall–Kier alpha value is -3.42. The molecule has 0 radical (unpaired) electrons. The molecule has 0 N–H and O–H groups in total. The molecule has 0 saturated carbocycles. The standard InChI is InChI=1S/C21H23N5O3/c1-15-3-6-18(7-4-15)28-14-20(27)26-11-9-25(10-12-26)19-8-5-17(13-22-19)21-23-16(2)29-24-21/h3-8,13H,9-12,14H2,1-2H3.